The topological polar surface area (TPSA) is 51.6 Å². The molecule has 0 saturated carbocycles. The van der Waals surface area contributed by atoms with Crippen molar-refractivity contribution in [1.29, 1.82) is 0 Å². The van der Waals surface area contributed by atoms with E-state index in [0.717, 1.165) is 50.2 Å². The first-order valence-corrected chi connectivity index (χ1v) is 16.0. The summed E-state index contributed by atoms with van der Waals surface area (Å²) in [7, 11) is 0. The largest absolute Gasteiger partial charge is 0.256 e. The highest BCUT2D eigenvalue weighted by Gasteiger charge is 2.19. The fourth-order valence-corrected chi connectivity index (χ4v) is 6.03. The highest BCUT2D eigenvalue weighted by atomic mass is 15.0. The number of aromatic nitrogens is 4. The second kappa shape index (κ2) is 13.1. The van der Waals surface area contributed by atoms with Crippen molar-refractivity contribution in [2.45, 2.75) is 0 Å². The summed E-state index contributed by atoms with van der Waals surface area (Å²) >= 11 is 0. The molecule has 0 atom stereocenters. The molecule has 0 spiro atoms. The molecule has 0 radical (unpaired) electrons. The smallest absolute Gasteiger partial charge is 0.164 e. The Balaban J connectivity index is 1.31. The zero-order valence-corrected chi connectivity index (χ0v) is 26.1. The summed E-state index contributed by atoms with van der Waals surface area (Å²) in [6.07, 6.45) is 1.83. The molecule has 48 heavy (non-hydrogen) atoms. The summed E-state index contributed by atoms with van der Waals surface area (Å²) in [5.74, 6) is 1.83. The van der Waals surface area contributed by atoms with E-state index in [-0.39, 0.29) is 0 Å². The molecule has 0 fully saturated rings. The van der Waals surface area contributed by atoms with Crippen LogP contribution in [0.15, 0.2) is 182 Å². The van der Waals surface area contributed by atoms with Crippen LogP contribution in [0, 0.1) is 0 Å². The van der Waals surface area contributed by atoms with E-state index in [1.807, 2.05) is 42.6 Å². The van der Waals surface area contributed by atoms with Crippen molar-refractivity contribution in [2.24, 2.45) is 0 Å². The van der Waals surface area contributed by atoms with Gasteiger partial charge in [0, 0.05) is 34.0 Å². The van der Waals surface area contributed by atoms with Crippen LogP contribution in [0.3, 0.4) is 0 Å². The first-order valence-electron chi connectivity index (χ1n) is 16.0. The molecular weight excluding hydrogens is 585 g/mol. The first kappa shape index (κ1) is 28.9. The lowest BCUT2D eigenvalue weighted by Crippen LogP contribution is -2.02. The van der Waals surface area contributed by atoms with E-state index in [0.29, 0.717) is 17.5 Å². The fraction of sp³-hybridized carbons (Fsp3) is 0. The van der Waals surface area contributed by atoms with Gasteiger partial charge >= 0.3 is 0 Å². The van der Waals surface area contributed by atoms with Crippen molar-refractivity contribution in [3.63, 3.8) is 0 Å². The normalized spacial score (nSPS) is 10.9. The summed E-state index contributed by atoms with van der Waals surface area (Å²) in [4.78, 5) is 20.1. The standard InChI is InChI=1S/C44H30N4/c1-4-13-31(14-5-1)33-22-26-36(27-23-33)42-46-43(37-28-24-34(25-29-37)32-15-6-2-7-16-32)48-44(47-42)39-20-12-19-38(40-21-10-11-30-45-40)41(39)35-17-8-3-9-18-35/h1-30H. The zero-order valence-electron chi connectivity index (χ0n) is 26.1. The first-order chi connectivity index (χ1) is 23.8. The van der Waals surface area contributed by atoms with Gasteiger partial charge in [0.05, 0.1) is 5.69 Å². The number of hydrogen-bond donors (Lipinski definition) is 0. The van der Waals surface area contributed by atoms with Gasteiger partial charge < -0.3 is 0 Å². The second-order valence-corrected chi connectivity index (χ2v) is 11.5. The van der Waals surface area contributed by atoms with Gasteiger partial charge in [-0.1, -0.05) is 164 Å². The third kappa shape index (κ3) is 5.91. The molecule has 8 rings (SSSR count). The second-order valence-electron chi connectivity index (χ2n) is 11.5. The van der Waals surface area contributed by atoms with Gasteiger partial charge in [0.2, 0.25) is 0 Å². The van der Waals surface area contributed by atoms with Gasteiger partial charge in [-0.15, -0.1) is 0 Å². The molecule has 0 saturated heterocycles. The fourth-order valence-electron chi connectivity index (χ4n) is 6.03. The highest BCUT2D eigenvalue weighted by molar-refractivity contribution is 5.92. The lowest BCUT2D eigenvalue weighted by Gasteiger charge is -2.16. The van der Waals surface area contributed by atoms with Gasteiger partial charge in [0.15, 0.2) is 17.5 Å². The summed E-state index contributed by atoms with van der Waals surface area (Å²) in [5.41, 5.74) is 11.4. The SMILES string of the molecule is c1ccc(-c2ccc(-c3nc(-c4ccc(-c5ccccc5)cc4)nc(-c4cccc(-c5ccccn5)c4-c4ccccc4)n3)cc2)cc1. The third-order valence-electron chi connectivity index (χ3n) is 8.44. The van der Waals surface area contributed by atoms with Gasteiger partial charge in [-0.25, -0.2) is 15.0 Å². The van der Waals surface area contributed by atoms with Gasteiger partial charge in [0.25, 0.3) is 0 Å². The predicted octanol–water partition coefficient (Wildman–Crippen LogP) is 10.9. The van der Waals surface area contributed by atoms with E-state index < -0.39 is 0 Å². The predicted molar refractivity (Wildman–Crippen MR) is 196 cm³/mol. The lowest BCUT2D eigenvalue weighted by atomic mass is 9.92. The average Bonchev–Trinajstić information content (AvgIpc) is 3.19. The third-order valence-corrected chi connectivity index (χ3v) is 8.44. The van der Waals surface area contributed by atoms with Crippen molar-refractivity contribution >= 4 is 0 Å². The maximum atomic E-state index is 5.15. The molecule has 0 amide bonds. The quantitative estimate of drug-likeness (QED) is 0.179. The van der Waals surface area contributed by atoms with Crippen LogP contribution in [-0.2, 0) is 0 Å². The number of nitrogens with zero attached hydrogens (tertiary/aromatic N) is 4. The Hall–Kier alpha value is -6.52. The Morgan fingerprint density at radius 3 is 1.19 bits per heavy atom. The lowest BCUT2D eigenvalue weighted by molar-refractivity contribution is 1.07. The Morgan fingerprint density at radius 1 is 0.271 bits per heavy atom. The molecule has 4 nitrogen and oxygen atoms in total. The maximum absolute atomic E-state index is 5.15. The number of hydrogen-bond acceptors (Lipinski definition) is 4. The van der Waals surface area contributed by atoms with Gasteiger partial charge in [-0.05, 0) is 39.9 Å². The number of rotatable bonds is 7. The van der Waals surface area contributed by atoms with Crippen molar-refractivity contribution < 1.29 is 0 Å². The summed E-state index contributed by atoms with van der Waals surface area (Å²) in [6, 6.07) is 60.3. The van der Waals surface area contributed by atoms with Crippen LogP contribution < -0.4 is 0 Å². The molecule has 0 aliphatic carbocycles. The Morgan fingerprint density at radius 2 is 0.688 bits per heavy atom. The molecule has 8 aromatic rings. The van der Waals surface area contributed by atoms with Crippen LogP contribution in [0.2, 0.25) is 0 Å². The van der Waals surface area contributed by atoms with E-state index in [1.54, 1.807) is 0 Å². The zero-order chi connectivity index (χ0) is 32.1. The molecule has 0 aliphatic rings. The average molecular weight is 615 g/mol. The monoisotopic (exact) mass is 614 g/mol. The summed E-state index contributed by atoms with van der Waals surface area (Å²) in [6.45, 7) is 0. The van der Waals surface area contributed by atoms with Crippen LogP contribution >= 0.6 is 0 Å². The molecular formula is C44H30N4. The number of benzene rings is 6. The molecule has 0 unspecified atom stereocenters. The van der Waals surface area contributed by atoms with E-state index in [1.165, 1.54) is 11.1 Å². The summed E-state index contributed by atoms with van der Waals surface area (Å²) < 4.78 is 0. The Kier molecular flexibility index (Phi) is 7.87. The van der Waals surface area contributed by atoms with Crippen molar-refractivity contribution in [3.8, 4) is 78.8 Å². The molecule has 0 bridgehead atoms. The van der Waals surface area contributed by atoms with Gasteiger partial charge in [-0.3, -0.25) is 4.98 Å². The van der Waals surface area contributed by atoms with E-state index in [2.05, 4.69) is 140 Å². The minimum absolute atomic E-state index is 0.603. The van der Waals surface area contributed by atoms with Crippen LogP contribution in [0.5, 0.6) is 0 Å². The molecule has 4 heteroatoms. The van der Waals surface area contributed by atoms with Crippen LogP contribution in [-0.4, -0.2) is 19.9 Å². The van der Waals surface area contributed by atoms with Crippen molar-refractivity contribution in [3.05, 3.63) is 182 Å². The number of pyridine rings is 1. The van der Waals surface area contributed by atoms with Gasteiger partial charge in [0.1, 0.15) is 0 Å². The molecule has 2 aromatic heterocycles. The van der Waals surface area contributed by atoms with Crippen LogP contribution in [0.25, 0.3) is 78.8 Å². The highest BCUT2D eigenvalue weighted by Crippen LogP contribution is 2.39. The van der Waals surface area contributed by atoms with Crippen molar-refractivity contribution in [1.82, 2.24) is 19.9 Å². The van der Waals surface area contributed by atoms with E-state index >= 15 is 0 Å². The summed E-state index contributed by atoms with van der Waals surface area (Å²) in [5, 5.41) is 0. The molecule has 226 valence electrons. The van der Waals surface area contributed by atoms with Crippen LogP contribution in [0.4, 0.5) is 0 Å². The molecule has 0 aliphatic heterocycles. The van der Waals surface area contributed by atoms with E-state index in [9.17, 15) is 0 Å². The molecule has 2 heterocycles. The van der Waals surface area contributed by atoms with Crippen LogP contribution in [0.1, 0.15) is 0 Å². The van der Waals surface area contributed by atoms with E-state index in [4.69, 9.17) is 19.9 Å². The minimum atomic E-state index is 0.603. The minimum Gasteiger partial charge on any atom is -0.256 e. The maximum Gasteiger partial charge on any atom is 0.164 e. The Labute approximate surface area is 280 Å². The molecule has 0 N–H and O–H groups in total. The van der Waals surface area contributed by atoms with Crippen molar-refractivity contribution in [2.75, 3.05) is 0 Å². The Bertz CT molecular complexity index is 2190. The van der Waals surface area contributed by atoms with Gasteiger partial charge in [-0.2, -0.15) is 0 Å². The molecule has 6 aromatic carbocycles.